The first kappa shape index (κ1) is 23.0. The van der Waals surface area contributed by atoms with Crippen LogP contribution in [-0.2, 0) is 23.0 Å². The summed E-state index contributed by atoms with van der Waals surface area (Å²) in [4.78, 5) is 2.69. The van der Waals surface area contributed by atoms with E-state index in [1.807, 2.05) is 24.3 Å². The minimum atomic E-state index is -3.53. The fourth-order valence-electron chi connectivity index (χ4n) is 3.82. The highest BCUT2D eigenvalue weighted by atomic mass is 79.9. The fourth-order valence-corrected chi connectivity index (χ4v) is 5.16. The molecular formula is C25H27BrN2O3S. The fraction of sp³-hybridized carbons (Fsp3) is 0.280. The molecule has 0 aliphatic carbocycles. The highest BCUT2D eigenvalue weighted by Crippen LogP contribution is 2.24. The van der Waals surface area contributed by atoms with Gasteiger partial charge in [0.15, 0.2) is 0 Å². The first-order chi connectivity index (χ1) is 15.5. The second-order valence-corrected chi connectivity index (χ2v) is 10.6. The number of sulfonamides is 1. The van der Waals surface area contributed by atoms with Crippen molar-refractivity contribution < 1.29 is 13.2 Å². The topological polar surface area (TPSA) is 58.6 Å². The van der Waals surface area contributed by atoms with Crippen molar-refractivity contribution in [1.29, 1.82) is 0 Å². The number of nitrogens with one attached hydrogen (secondary N) is 1. The normalized spacial score (nSPS) is 14.2. The van der Waals surface area contributed by atoms with E-state index in [-0.39, 0.29) is 4.90 Å². The average Bonchev–Trinajstić information content (AvgIpc) is 2.80. The van der Waals surface area contributed by atoms with Gasteiger partial charge in [-0.15, -0.1) is 0 Å². The van der Waals surface area contributed by atoms with Crippen molar-refractivity contribution in [2.45, 2.75) is 30.7 Å². The number of rotatable bonds is 9. The molecule has 1 heterocycles. The quantitative estimate of drug-likeness (QED) is 0.390. The molecule has 32 heavy (non-hydrogen) atoms. The van der Waals surface area contributed by atoms with Crippen LogP contribution < -0.4 is 9.46 Å². The second kappa shape index (κ2) is 10.6. The third-order valence-electron chi connectivity index (χ3n) is 5.59. The van der Waals surface area contributed by atoms with E-state index >= 15 is 0 Å². The largest absolute Gasteiger partial charge is 0.457 e. The lowest BCUT2D eigenvalue weighted by Crippen LogP contribution is -2.32. The molecule has 7 heteroatoms. The molecule has 1 aliphatic heterocycles. The Morgan fingerprint density at radius 2 is 1.53 bits per heavy atom. The second-order valence-electron chi connectivity index (χ2n) is 7.93. The number of fused-ring (bicyclic) bond motifs is 1. The molecule has 168 valence electrons. The summed E-state index contributed by atoms with van der Waals surface area (Å²) in [6, 6.07) is 22.6. The van der Waals surface area contributed by atoms with E-state index in [1.165, 1.54) is 11.1 Å². The maximum absolute atomic E-state index is 12.6. The van der Waals surface area contributed by atoms with Gasteiger partial charge < -0.3 is 4.74 Å². The van der Waals surface area contributed by atoms with Crippen LogP contribution in [0.2, 0.25) is 0 Å². The van der Waals surface area contributed by atoms with E-state index in [9.17, 15) is 8.42 Å². The van der Waals surface area contributed by atoms with Gasteiger partial charge in [-0.05, 0) is 85.5 Å². The molecule has 0 aromatic heterocycles. The Balaban J connectivity index is 1.21. The van der Waals surface area contributed by atoms with Gasteiger partial charge in [-0.3, -0.25) is 4.90 Å². The van der Waals surface area contributed by atoms with Crippen molar-refractivity contribution in [3.63, 3.8) is 0 Å². The van der Waals surface area contributed by atoms with Crippen LogP contribution in [0.25, 0.3) is 0 Å². The van der Waals surface area contributed by atoms with Crippen molar-refractivity contribution in [3.8, 4) is 11.5 Å². The van der Waals surface area contributed by atoms with E-state index in [4.69, 9.17) is 4.74 Å². The van der Waals surface area contributed by atoms with Gasteiger partial charge in [0, 0.05) is 24.1 Å². The van der Waals surface area contributed by atoms with Crippen LogP contribution in [0, 0.1) is 0 Å². The van der Waals surface area contributed by atoms with Gasteiger partial charge in [-0.25, -0.2) is 13.1 Å². The van der Waals surface area contributed by atoms with Crippen LogP contribution in [0.1, 0.15) is 24.0 Å². The summed E-state index contributed by atoms with van der Waals surface area (Å²) in [5.74, 6) is 1.29. The van der Waals surface area contributed by atoms with Gasteiger partial charge in [-0.2, -0.15) is 0 Å². The predicted octanol–water partition coefficient (Wildman–Crippen LogP) is 5.36. The molecule has 0 saturated heterocycles. The van der Waals surface area contributed by atoms with Crippen molar-refractivity contribution >= 4 is 26.0 Å². The van der Waals surface area contributed by atoms with Gasteiger partial charge in [0.05, 0.1) is 4.90 Å². The summed E-state index contributed by atoms with van der Waals surface area (Å²) in [5, 5.41) is 0. The Labute approximate surface area is 198 Å². The average molecular weight is 515 g/mol. The summed E-state index contributed by atoms with van der Waals surface area (Å²) >= 11 is 3.39. The predicted molar refractivity (Wildman–Crippen MR) is 131 cm³/mol. The van der Waals surface area contributed by atoms with Crippen LogP contribution in [0.3, 0.4) is 0 Å². The molecule has 3 aromatic carbocycles. The Kier molecular flexibility index (Phi) is 7.63. The summed E-state index contributed by atoms with van der Waals surface area (Å²) in [5.41, 5.74) is 2.86. The molecule has 0 amide bonds. The van der Waals surface area contributed by atoms with Gasteiger partial charge in [0.25, 0.3) is 0 Å². The van der Waals surface area contributed by atoms with Crippen LogP contribution in [-0.4, -0.2) is 33.0 Å². The SMILES string of the molecule is O=S(=O)(NCCCCN1CCc2ccccc2C1)c1ccc(Oc2ccc(Br)cc2)cc1. The zero-order valence-electron chi connectivity index (χ0n) is 17.8. The van der Waals surface area contributed by atoms with E-state index in [0.717, 1.165) is 43.4 Å². The zero-order chi connectivity index (χ0) is 22.4. The molecule has 1 N–H and O–H groups in total. The van der Waals surface area contributed by atoms with Gasteiger partial charge >= 0.3 is 0 Å². The molecule has 1 aliphatic rings. The van der Waals surface area contributed by atoms with Gasteiger partial charge in [-0.1, -0.05) is 40.2 Å². The van der Waals surface area contributed by atoms with E-state index in [1.54, 1.807) is 24.3 Å². The number of nitrogens with zero attached hydrogens (tertiary/aromatic N) is 1. The Bertz CT molecular complexity index is 1130. The molecule has 0 saturated carbocycles. The standard InChI is InChI=1S/C25H27BrN2O3S/c26-22-7-9-23(10-8-22)31-24-11-13-25(14-12-24)32(29,30)27-16-3-4-17-28-18-15-20-5-1-2-6-21(20)19-28/h1-2,5-14,27H,3-4,15-19H2. The molecule has 0 atom stereocenters. The molecule has 0 spiro atoms. The zero-order valence-corrected chi connectivity index (χ0v) is 20.2. The number of unbranched alkanes of at least 4 members (excludes halogenated alkanes) is 1. The molecule has 0 bridgehead atoms. The molecule has 0 unspecified atom stereocenters. The molecule has 3 aromatic rings. The Morgan fingerprint density at radius 1 is 0.875 bits per heavy atom. The molecule has 0 radical (unpaired) electrons. The Morgan fingerprint density at radius 3 is 2.25 bits per heavy atom. The number of hydrogen-bond donors (Lipinski definition) is 1. The van der Waals surface area contributed by atoms with Crippen molar-refractivity contribution in [1.82, 2.24) is 9.62 Å². The summed E-state index contributed by atoms with van der Waals surface area (Å²) in [7, 11) is -3.53. The molecule has 0 fully saturated rings. The van der Waals surface area contributed by atoms with Crippen molar-refractivity contribution in [2.75, 3.05) is 19.6 Å². The smallest absolute Gasteiger partial charge is 0.240 e. The minimum absolute atomic E-state index is 0.244. The van der Waals surface area contributed by atoms with Crippen LogP contribution >= 0.6 is 15.9 Å². The lowest BCUT2D eigenvalue weighted by atomic mass is 10.00. The van der Waals surface area contributed by atoms with Crippen molar-refractivity contribution in [3.05, 3.63) is 88.4 Å². The third kappa shape index (κ3) is 6.19. The number of benzene rings is 3. The van der Waals surface area contributed by atoms with Crippen molar-refractivity contribution in [2.24, 2.45) is 0 Å². The lowest BCUT2D eigenvalue weighted by Gasteiger charge is -2.28. The summed E-state index contributed by atoms with van der Waals surface area (Å²) in [6.45, 7) is 3.47. The maximum atomic E-state index is 12.6. The van der Waals surface area contributed by atoms with Gasteiger partial charge in [0.2, 0.25) is 10.0 Å². The lowest BCUT2D eigenvalue weighted by molar-refractivity contribution is 0.249. The van der Waals surface area contributed by atoms with E-state index < -0.39 is 10.0 Å². The van der Waals surface area contributed by atoms with Gasteiger partial charge in [0.1, 0.15) is 11.5 Å². The number of ether oxygens (including phenoxy) is 1. The minimum Gasteiger partial charge on any atom is -0.457 e. The summed E-state index contributed by atoms with van der Waals surface area (Å²) < 4.78 is 34.6. The highest BCUT2D eigenvalue weighted by Gasteiger charge is 2.16. The Hall–Kier alpha value is -2.19. The van der Waals surface area contributed by atoms with Crippen LogP contribution in [0.15, 0.2) is 82.2 Å². The molecule has 4 rings (SSSR count). The third-order valence-corrected chi connectivity index (χ3v) is 7.59. The van der Waals surface area contributed by atoms with Crippen LogP contribution in [0.5, 0.6) is 11.5 Å². The first-order valence-corrected chi connectivity index (χ1v) is 13.1. The number of hydrogen-bond acceptors (Lipinski definition) is 4. The maximum Gasteiger partial charge on any atom is 0.240 e. The molecule has 5 nitrogen and oxygen atoms in total. The van der Waals surface area contributed by atoms with E-state index in [2.05, 4.69) is 49.8 Å². The first-order valence-electron chi connectivity index (χ1n) is 10.8. The van der Waals surface area contributed by atoms with E-state index in [0.29, 0.717) is 18.0 Å². The highest BCUT2D eigenvalue weighted by molar-refractivity contribution is 9.10. The summed E-state index contributed by atoms with van der Waals surface area (Å²) in [6.07, 6.45) is 2.86. The monoisotopic (exact) mass is 514 g/mol. The van der Waals surface area contributed by atoms with Crippen LogP contribution in [0.4, 0.5) is 0 Å². The molecular weight excluding hydrogens is 488 g/mol. The number of halogens is 1.